The van der Waals surface area contributed by atoms with E-state index in [1.54, 1.807) is 32.2 Å². The van der Waals surface area contributed by atoms with E-state index < -0.39 is 12.1 Å². The zero-order valence-electron chi connectivity index (χ0n) is 15.6. The van der Waals surface area contributed by atoms with Crippen molar-refractivity contribution in [2.24, 2.45) is 0 Å². The van der Waals surface area contributed by atoms with E-state index in [4.69, 9.17) is 9.47 Å². The molecule has 2 aromatic carbocycles. The van der Waals surface area contributed by atoms with E-state index in [9.17, 15) is 9.59 Å². The number of methoxy groups -OCH3 is 1. The average molecular weight is 355 g/mol. The summed E-state index contributed by atoms with van der Waals surface area (Å²) < 4.78 is 10.5. The van der Waals surface area contributed by atoms with Crippen LogP contribution in [0.3, 0.4) is 0 Å². The number of hydrogen-bond acceptors (Lipinski definition) is 4. The Balaban J connectivity index is 1.89. The molecule has 0 bridgehead atoms. The Morgan fingerprint density at radius 1 is 1.08 bits per heavy atom. The normalized spacial score (nSPS) is 12.8. The summed E-state index contributed by atoms with van der Waals surface area (Å²) in [4.78, 5) is 24.5. The Labute approximate surface area is 154 Å². The molecule has 1 amide bonds. The third-order valence-corrected chi connectivity index (χ3v) is 4.25. The first-order valence-electron chi connectivity index (χ1n) is 8.60. The van der Waals surface area contributed by atoms with Gasteiger partial charge in [-0.3, -0.25) is 4.79 Å². The predicted octanol–water partition coefficient (Wildman–Crippen LogP) is 3.47. The van der Waals surface area contributed by atoms with Crippen molar-refractivity contribution in [3.63, 3.8) is 0 Å². The summed E-state index contributed by atoms with van der Waals surface area (Å²) in [5, 5.41) is 2.83. The van der Waals surface area contributed by atoms with Gasteiger partial charge in [0.2, 0.25) is 0 Å². The quantitative estimate of drug-likeness (QED) is 0.773. The van der Waals surface area contributed by atoms with Crippen LogP contribution in [0.15, 0.2) is 48.5 Å². The first-order valence-corrected chi connectivity index (χ1v) is 8.60. The van der Waals surface area contributed by atoms with Crippen molar-refractivity contribution in [2.45, 2.75) is 32.8 Å². The van der Waals surface area contributed by atoms with E-state index in [0.717, 1.165) is 11.1 Å². The molecule has 2 aromatic rings. The lowest BCUT2D eigenvalue weighted by atomic mass is 10.0. The fourth-order valence-corrected chi connectivity index (χ4v) is 2.53. The number of benzene rings is 2. The van der Waals surface area contributed by atoms with Gasteiger partial charge < -0.3 is 14.8 Å². The Morgan fingerprint density at radius 3 is 2.42 bits per heavy atom. The number of carbonyl (C=O) groups is 2. The molecular weight excluding hydrogens is 330 g/mol. The van der Waals surface area contributed by atoms with E-state index in [-0.39, 0.29) is 11.8 Å². The highest BCUT2D eigenvalue weighted by molar-refractivity contribution is 5.92. The summed E-state index contributed by atoms with van der Waals surface area (Å²) >= 11 is 0. The van der Waals surface area contributed by atoms with Crippen molar-refractivity contribution in [1.82, 2.24) is 5.32 Å². The molecule has 0 aliphatic heterocycles. The van der Waals surface area contributed by atoms with Crippen molar-refractivity contribution in [2.75, 3.05) is 13.7 Å². The monoisotopic (exact) mass is 355 g/mol. The molecular formula is C21H25NO4. The lowest BCUT2D eigenvalue weighted by Gasteiger charge is -2.17. The molecule has 0 unspecified atom stereocenters. The maximum atomic E-state index is 12.2. The standard InChI is InChI=1S/C21H25NO4/c1-14-10-11-18(12-19(14)25-4)21(24)26-16(3)20(23)22-13-15(2)17-8-6-5-7-9-17/h5-12,15-16H,13H2,1-4H3,(H,22,23)/t15-,16+/m1/s1. The number of rotatable bonds is 7. The van der Waals surface area contributed by atoms with E-state index in [1.165, 1.54) is 0 Å². The van der Waals surface area contributed by atoms with Crippen molar-refractivity contribution >= 4 is 11.9 Å². The minimum absolute atomic E-state index is 0.171. The molecule has 138 valence electrons. The predicted molar refractivity (Wildman–Crippen MR) is 100 cm³/mol. The van der Waals surface area contributed by atoms with Gasteiger partial charge >= 0.3 is 5.97 Å². The molecule has 0 radical (unpaired) electrons. The van der Waals surface area contributed by atoms with Gasteiger partial charge in [-0.15, -0.1) is 0 Å². The third-order valence-electron chi connectivity index (χ3n) is 4.25. The molecule has 0 aromatic heterocycles. The molecule has 0 aliphatic rings. The SMILES string of the molecule is COc1cc(C(=O)O[C@@H](C)C(=O)NC[C@@H](C)c2ccccc2)ccc1C. The summed E-state index contributed by atoms with van der Waals surface area (Å²) in [5.74, 6) is -0.0973. The van der Waals surface area contributed by atoms with Gasteiger partial charge in [0.15, 0.2) is 6.10 Å². The van der Waals surface area contributed by atoms with E-state index in [0.29, 0.717) is 17.9 Å². The average Bonchev–Trinajstić information content (AvgIpc) is 2.66. The topological polar surface area (TPSA) is 64.6 Å². The Kier molecular flexibility index (Phi) is 6.78. The highest BCUT2D eigenvalue weighted by atomic mass is 16.5. The van der Waals surface area contributed by atoms with E-state index in [2.05, 4.69) is 5.32 Å². The molecule has 0 fully saturated rings. The largest absolute Gasteiger partial charge is 0.496 e. The van der Waals surface area contributed by atoms with Crippen molar-refractivity contribution in [3.05, 3.63) is 65.2 Å². The van der Waals surface area contributed by atoms with Crippen molar-refractivity contribution in [3.8, 4) is 5.75 Å². The van der Waals surface area contributed by atoms with Crippen LogP contribution in [-0.4, -0.2) is 31.6 Å². The van der Waals surface area contributed by atoms with Crippen LogP contribution in [0.25, 0.3) is 0 Å². The van der Waals surface area contributed by atoms with Crippen LogP contribution in [0.2, 0.25) is 0 Å². The van der Waals surface area contributed by atoms with Crippen LogP contribution in [0.4, 0.5) is 0 Å². The molecule has 5 heteroatoms. The van der Waals surface area contributed by atoms with Gasteiger partial charge in [0, 0.05) is 6.54 Å². The highest BCUT2D eigenvalue weighted by Crippen LogP contribution is 2.20. The number of carbonyl (C=O) groups excluding carboxylic acids is 2. The molecule has 0 saturated carbocycles. The number of hydrogen-bond donors (Lipinski definition) is 1. The van der Waals surface area contributed by atoms with Gasteiger partial charge in [0.1, 0.15) is 5.75 Å². The summed E-state index contributed by atoms with van der Waals surface area (Å²) in [5.41, 5.74) is 2.42. The molecule has 2 atom stereocenters. The Morgan fingerprint density at radius 2 is 1.77 bits per heavy atom. The molecule has 1 N–H and O–H groups in total. The summed E-state index contributed by atoms with van der Waals surface area (Å²) in [6, 6.07) is 15.0. The Hall–Kier alpha value is -2.82. The van der Waals surface area contributed by atoms with Crippen LogP contribution in [0.5, 0.6) is 5.75 Å². The number of aryl methyl sites for hydroxylation is 1. The molecule has 2 rings (SSSR count). The zero-order valence-corrected chi connectivity index (χ0v) is 15.6. The summed E-state index contributed by atoms with van der Waals surface area (Å²) in [6.45, 7) is 5.96. The minimum atomic E-state index is -0.877. The lowest BCUT2D eigenvalue weighted by Crippen LogP contribution is -2.37. The summed E-state index contributed by atoms with van der Waals surface area (Å²) in [7, 11) is 1.54. The van der Waals surface area contributed by atoms with Gasteiger partial charge in [0.05, 0.1) is 12.7 Å². The van der Waals surface area contributed by atoms with Gasteiger partial charge in [-0.05, 0) is 43.0 Å². The van der Waals surface area contributed by atoms with Crippen molar-refractivity contribution < 1.29 is 19.1 Å². The lowest BCUT2D eigenvalue weighted by molar-refractivity contribution is -0.129. The van der Waals surface area contributed by atoms with E-state index >= 15 is 0 Å². The first-order chi connectivity index (χ1) is 12.4. The number of esters is 1. The second-order valence-corrected chi connectivity index (χ2v) is 6.29. The van der Waals surface area contributed by atoms with Crippen LogP contribution in [-0.2, 0) is 9.53 Å². The molecule has 0 aliphatic carbocycles. The zero-order chi connectivity index (χ0) is 19.1. The fraction of sp³-hybridized carbons (Fsp3) is 0.333. The molecule has 5 nitrogen and oxygen atoms in total. The second-order valence-electron chi connectivity index (χ2n) is 6.29. The van der Waals surface area contributed by atoms with Gasteiger partial charge in [0.25, 0.3) is 5.91 Å². The number of ether oxygens (including phenoxy) is 2. The molecule has 26 heavy (non-hydrogen) atoms. The van der Waals surface area contributed by atoms with Crippen LogP contribution in [0, 0.1) is 6.92 Å². The van der Waals surface area contributed by atoms with Crippen LogP contribution in [0.1, 0.15) is 41.3 Å². The second kappa shape index (κ2) is 9.04. The van der Waals surface area contributed by atoms with Gasteiger partial charge in [-0.1, -0.05) is 43.3 Å². The van der Waals surface area contributed by atoms with Gasteiger partial charge in [-0.2, -0.15) is 0 Å². The van der Waals surface area contributed by atoms with E-state index in [1.807, 2.05) is 44.2 Å². The molecule has 0 heterocycles. The molecule has 0 saturated heterocycles. The minimum Gasteiger partial charge on any atom is -0.496 e. The smallest absolute Gasteiger partial charge is 0.339 e. The number of amides is 1. The maximum absolute atomic E-state index is 12.2. The first kappa shape index (κ1) is 19.5. The number of nitrogens with one attached hydrogen (secondary N) is 1. The summed E-state index contributed by atoms with van der Waals surface area (Å²) in [6.07, 6.45) is -0.877. The fourth-order valence-electron chi connectivity index (χ4n) is 2.53. The van der Waals surface area contributed by atoms with Crippen LogP contribution >= 0.6 is 0 Å². The Bertz CT molecular complexity index is 758. The maximum Gasteiger partial charge on any atom is 0.339 e. The molecule has 0 spiro atoms. The third kappa shape index (κ3) is 5.09. The van der Waals surface area contributed by atoms with Crippen molar-refractivity contribution in [1.29, 1.82) is 0 Å². The highest BCUT2D eigenvalue weighted by Gasteiger charge is 2.20. The van der Waals surface area contributed by atoms with Gasteiger partial charge in [-0.25, -0.2) is 4.79 Å². The van der Waals surface area contributed by atoms with Crippen LogP contribution < -0.4 is 10.1 Å².